The second-order valence-corrected chi connectivity index (χ2v) is 8.56. The fourth-order valence-electron chi connectivity index (χ4n) is 4.86. The quantitative estimate of drug-likeness (QED) is 0.823. The van der Waals surface area contributed by atoms with E-state index in [1.165, 1.54) is 37.3 Å². The van der Waals surface area contributed by atoms with Gasteiger partial charge in [-0.1, -0.05) is 13.8 Å². The molecule has 0 bridgehead atoms. The van der Waals surface area contributed by atoms with Gasteiger partial charge in [0.15, 0.2) is 0 Å². The Bertz CT molecular complexity index is 526. The van der Waals surface area contributed by atoms with Gasteiger partial charge in [0, 0.05) is 19.0 Å². The third kappa shape index (κ3) is 3.98. The first-order valence-corrected chi connectivity index (χ1v) is 9.70. The van der Waals surface area contributed by atoms with Gasteiger partial charge in [0.2, 0.25) is 5.91 Å². The lowest BCUT2D eigenvalue weighted by Gasteiger charge is -2.36. The number of halogens is 1. The molecule has 2 saturated heterocycles. The van der Waals surface area contributed by atoms with Gasteiger partial charge in [-0.2, -0.15) is 5.26 Å². The molecule has 0 spiro atoms. The summed E-state index contributed by atoms with van der Waals surface area (Å²) in [4.78, 5) is 16.4. The fourth-order valence-corrected chi connectivity index (χ4v) is 4.86. The van der Waals surface area contributed by atoms with Crippen LogP contribution in [0.3, 0.4) is 0 Å². The number of carbonyl (C=O) groups excluding carboxylic acids is 1. The number of carbonyl (C=O) groups is 1. The fraction of sp³-hybridized carbons (Fsp3) is 0.895. The number of likely N-dealkylation sites (tertiary alicyclic amines) is 2. The molecule has 25 heavy (non-hydrogen) atoms. The summed E-state index contributed by atoms with van der Waals surface area (Å²) >= 11 is 0. The van der Waals surface area contributed by atoms with E-state index >= 15 is 0 Å². The van der Waals surface area contributed by atoms with Gasteiger partial charge < -0.3 is 15.1 Å². The van der Waals surface area contributed by atoms with E-state index in [2.05, 4.69) is 24.1 Å². The SMILES string of the molecule is CC1(C)C(CN2CCCC2)CCC1NCC(=O)N1CC(F)CC1C#N. The highest BCUT2D eigenvalue weighted by Gasteiger charge is 2.44. The second kappa shape index (κ2) is 7.59. The molecule has 1 N–H and O–H groups in total. The molecule has 1 saturated carbocycles. The molecule has 2 heterocycles. The largest absolute Gasteiger partial charge is 0.323 e. The molecule has 3 fully saturated rings. The predicted octanol–water partition coefficient (Wildman–Crippen LogP) is 1.94. The van der Waals surface area contributed by atoms with Crippen molar-refractivity contribution in [2.75, 3.05) is 32.7 Å². The Hall–Kier alpha value is -1.19. The molecule has 1 amide bonds. The van der Waals surface area contributed by atoms with E-state index in [1.807, 2.05) is 6.07 Å². The molecule has 2 aliphatic heterocycles. The number of alkyl halides is 1. The van der Waals surface area contributed by atoms with E-state index in [0.29, 0.717) is 12.0 Å². The summed E-state index contributed by atoms with van der Waals surface area (Å²) in [5, 5.41) is 12.5. The van der Waals surface area contributed by atoms with Crippen molar-refractivity contribution in [3.8, 4) is 6.07 Å². The van der Waals surface area contributed by atoms with Crippen LogP contribution in [0.2, 0.25) is 0 Å². The molecule has 6 heteroatoms. The number of amides is 1. The van der Waals surface area contributed by atoms with Gasteiger partial charge in [-0.25, -0.2) is 4.39 Å². The van der Waals surface area contributed by atoms with E-state index < -0.39 is 12.2 Å². The molecular formula is C19H31FN4O. The average Bonchev–Trinajstić information content (AvgIpc) is 3.27. The number of rotatable bonds is 5. The van der Waals surface area contributed by atoms with Crippen LogP contribution < -0.4 is 5.32 Å². The Morgan fingerprint density at radius 1 is 1.32 bits per heavy atom. The zero-order valence-electron chi connectivity index (χ0n) is 15.5. The van der Waals surface area contributed by atoms with E-state index in [0.717, 1.165) is 13.0 Å². The summed E-state index contributed by atoms with van der Waals surface area (Å²) in [5.74, 6) is 0.498. The van der Waals surface area contributed by atoms with Crippen LogP contribution in [0.1, 0.15) is 46.0 Å². The van der Waals surface area contributed by atoms with E-state index in [1.54, 1.807) is 0 Å². The maximum Gasteiger partial charge on any atom is 0.237 e. The maximum absolute atomic E-state index is 13.5. The Balaban J connectivity index is 1.51. The molecule has 1 aliphatic carbocycles. The molecule has 4 unspecified atom stereocenters. The number of hydrogen-bond acceptors (Lipinski definition) is 4. The van der Waals surface area contributed by atoms with Crippen LogP contribution in [0.5, 0.6) is 0 Å². The topological polar surface area (TPSA) is 59.4 Å². The molecule has 0 aromatic heterocycles. The highest BCUT2D eigenvalue weighted by molar-refractivity contribution is 5.79. The molecule has 4 atom stereocenters. The monoisotopic (exact) mass is 350 g/mol. The lowest BCUT2D eigenvalue weighted by molar-refractivity contribution is -0.130. The van der Waals surface area contributed by atoms with Crippen molar-refractivity contribution in [3.63, 3.8) is 0 Å². The average molecular weight is 350 g/mol. The van der Waals surface area contributed by atoms with Crippen molar-refractivity contribution in [1.82, 2.24) is 15.1 Å². The molecular weight excluding hydrogens is 319 g/mol. The standard InChI is InChI=1S/C19H31FN4O/c1-19(2)14(12-23-7-3-4-8-23)5-6-17(19)22-11-18(25)24-13-15(20)9-16(24)10-21/h14-17,22H,3-9,11-13H2,1-2H3. The number of nitrogens with zero attached hydrogens (tertiary/aromatic N) is 3. The summed E-state index contributed by atoms with van der Waals surface area (Å²) in [7, 11) is 0. The Kier molecular flexibility index (Phi) is 5.65. The Morgan fingerprint density at radius 3 is 2.72 bits per heavy atom. The Morgan fingerprint density at radius 2 is 2.04 bits per heavy atom. The van der Waals surface area contributed by atoms with Crippen molar-refractivity contribution in [2.45, 2.75) is 64.2 Å². The summed E-state index contributed by atoms with van der Waals surface area (Å²) in [6.07, 6.45) is 3.97. The van der Waals surface area contributed by atoms with Gasteiger partial charge in [0.1, 0.15) is 12.2 Å². The summed E-state index contributed by atoms with van der Waals surface area (Å²) in [6, 6.07) is 1.74. The highest BCUT2D eigenvalue weighted by atomic mass is 19.1. The molecule has 3 rings (SSSR count). The normalized spacial score (nSPS) is 35.2. The highest BCUT2D eigenvalue weighted by Crippen LogP contribution is 2.43. The van der Waals surface area contributed by atoms with Crippen molar-refractivity contribution in [2.24, 2.45) is 11.3 Å². The molecule has 3 aliphatic rings. The van der Waals surface area contributed by atoms with E-state index in [-0.39, 0.29) is 30.8 Å². The predicted molar refractivity (Wildman–Crippen MR) is 94.6 cm³/mol. The summed E-state index contributed by atoms with van der Waals surface area (Å²) < 4.78 is 13.5. The summed E-state index contributed by atoms with van der Waals surface area (Å²) in [5.41, 5.74) is 0.144. The van der Waals surface area contributed by atoms with Crippen LogP contribution in [0.4, 0.5) is 4.39 Å². The van der Waals surface area contributed by atoms with Crippen LogP contribution in [-0.4, -0.2) is 66.7 Å². The van der Waals surface area contributed by atoms with Crippen molar-refractivity contribution < 1.29 is 9.18 Å². The molecule has 0 aromatic rings. The lowest BCUT2D eigenvalue weighted by Crippen LogP contribution is -2.48. The molecule has 5 nitrogen and oxygen atoms in total. The summed E-state index contributed by atoms with van der Waals surface area (Å²) in [6.45, 7) is 8.46. The van der Waals surface area contributed by atoms with Crippen molar-refractivity contribution >= 4 is 5.91 Å². The third-order valence-corrected chi connectivity index (χ3v) is 6.65. The number of hydrogen-bond donors (Lipinski definition) is 1. The first-order valence-electron chi connectivity index (χ1n) is 9.70. The van der Waals surface area contributed by atoms with Gasteiger partial charge in [0.25, 0.3) is 0 Å². The van der Waals surface area contributed by atoms with Crippen molar-refractivity contribution in [1.29, 1.82) is 5.26 Å². The number of nitrogens with one attached hydrogen (secondary N) is 1. The zero-order valence-corrected chi connectivity index (χ0v) is 15.5. The first-order chi connectivity index (χ1) is 11.9. The Labute approximate surface area is 150 Å². The van der Waals surface area contributed by atoms with Crippen LogP contribution in [0.15, 0.2) is 0 Å². The van der Waals surface area contributed by atoms with Crippen LogP contribution in [-0.2, 0) is 4.79 Å². The lowest BCUT2D eigenvalue weighted by atomic mass is 9.78. The second-order valence-electron chi connectivity index (χ2n) is 8.56. The van der Waals surface area contributed by atoms with Gasteiger partial charge in [-0.3, -0.25) is 4.79 Å². The molecule has 0 aromatic carbocycles. The zero-order chi connectivity index (χ0) is 18.0. The third-order valence-electron chi connectivity index (χ3n) is 6.65. The smallest absolute Gasteiger partial charge is 0.237 e. The van der Waals surface area contributed by atoms with Crippen LogP contribution in [0, 0.1) is 22.7 Å². The minimum Gasteiger partial charge on any atom is -0.323 e. The van der Waals surface area contributed by atoms with Crippen LogP contribution >= 0.6 is 0 Å². The first kappa shape index (κ1) is 18.6. The van der Waals surface area contributed by atoms with E-state index in [4.69, 9.17) is 5.26 Å². The van der Waals surface area contributed by atoms with Crippen molar-refractivity contribution in [3.05, 3.63) is 0 Å². The minimum atomic E-state index is -1.07. The van der Waals surface area contributed by atoms with E-state index in [9.17, 15) is 9.18 Å². The van der Waals surface area contributed by atoms with Gasteiger partial charge in [-0.15, -0.1) is 0 Å². The van der Waals surface area contributed by atoms with Gasteiger partial charge >= 0.3 is 0 Å². The van der Waals surface area contributed by atoms with Gasteiger partial charge in [-0.05, 0) is 50.1 Å². The van der Waals surface area contributed by atoms with Gasteiger partial charge in [0.05, 0.1) is 19.2 Å². The molecule has 0 radical (unpaired) electrons. The number of nitriles is 1. The van der Waals surface area contributed by atoms with Crippen LogP contribution in [0.25, 0.3) is 0 Å². The molecule has 140 valence electrons. The maximum atomic E-state index is 13.5. The minimum absolute atomic E-state index is 0.0599.